The van der Waals surface area contributed by atoms with Crippen molar-refractivity contribution in [3.05, 3.63) is 65.2 Å². The number of carbonyl (C=O) groups excluding carboxylic acids is 1. The Bertz CT molecular complexity index is 913. The molecule has 5 nitrogen and oxygen atoms in total. The number of likely N-dealkylation sites (N-methyl/N-ethyl adjacent to an activating group) is 1. The minimum Gasteiger partial charge on any atom is -0.290 e. The van der Waals surface area contributed by atoms with E-state index in [4.69, 9.17) is 11.6 Å². The summed E-state index contributed by atoms with van der Waals surface area (Å²) in [5, 5.41) is 0.146. The average Bonchev–Trinajstić information content (AvgIpc) is 2.91. The van der Waals surface area contributed by atoms with Gasteiger partial charge in [-0.05, 0) is 36.8 Å². The largest absolute Gasteiger partial charge is 0.290 e. The molecule has 1 aliphatic rings. The van der Waals surface area contributed by atoms with Crippen LogP contribution in [0.4, 0.5) is 0 Å². The van der Waals surface area contributed by atoms with Crippen LogP contribution in [-0.2, 0) is 14.8 Å². The summed E-state index contributed by atoms with van der Waals surface area (Å²) in [6.45, 7) is 2.14. The van der Waals surface area contributed by atoms with E-state index in [0.717, 1.165) is 17.3 Å². The Morgan fingerprint density at radius 3 is 2.36 bits per heavy atom. The molecule has 2 aromatic carbocycles. The van der Waals surface area contributed by atoms with E-state index in [9.17, 15) is 13.2 Å². The maximum Gasteiger partial charge on any atom is 0.284 e. The third kappa shape index (κ3) is 3.73. The third-order valence-electron chi connectivity index (χ3n) is 3.67. The molecule has 2 aromatic rings. The molecule has 1 heterocycles. The first-order valence-electron chi connectivity index (χ1n) is 7.56. The lowest BCUT2D eigenvalue weighted by molar-refractivity contribution is -0.126. The van der Waals surface area contributed by atoms with E-state index in [-0.39, 0.29) is 16.0 Å². The van der Waals surface area contributed by atoms with Gasteiger partial charge in [-0.15, -0.1) is 4.40 Å². The van der Waals surface area contributed by atoms with E-state index in [2.05, 4.69) is 4.40 Å². The van der Waals surface area contributed by atoms with Crippen molar-refractivity contribution < 1.29 is 13.2 Å². The van der Waals surface area contributed by atoms with Crippen molar-refractivity contribution in [2.24, 2.45) is 4.40 Å². The van der Waals surface area contributed by atoms with Crippen LogP contribution in [-0.4, -0.2) is 30.9 Å². The molecule has 1 atom stereocenters. The number of amides is 1. The molecule has 1 saturated heterocycles. The van der Waals surface area contributed by atoms with Crippen molar-refractivity contribution in [1.29, 1.82) is 0 Å². The zero-order chi connectivity index (χ0) is 18.0. The number of hydrogen-bond acceptors (Lipinski definition) is 4. The Balaban J connectivity index is 1.96. The molecular formula is C17H15ClN2O3S2. The van der Waals surface area contributed by atoms with Crippen molar-refractivity contribution in [1.82, 2.24) is 4.90 Å². The van der Waals surface area contributed by atoms with Gasteiger partial charge < -0.3 is 0 Å². The molecule has 0 saturated carbocycles. The maximum absolute atomic E-state index is 12.6. The van der Waals surface area contributed by atoms with Crippen LogP contribution < -0.4 is 0 Å². The second-order valence-corrected chi connectivity index (χ2v) is 8.41. The first kappa shape index (κ1) is 18.0. The lowest BCUT2D eigenvalue weighted by atomic mass is 10.1. The van der Waals surface area contributed by atoms with E-state index in [0.29, 0.717) is 11.6 Å². The zero-order valence-electron chi connectivity index (χ0n) is 13.3. The highest BCUT2D eigenvalue weighted by atomic mass is 35.5. The highest BCUT2D eigenvalue weighted by Gasteiger charge is 2.39. The number of thioether (sulfide) groups is 1. The predicted octanol–water partition coefficient (Wildman–Crippen LogP) is 3.72. The molecule has 0 N–H and O–H groups in total. The van der Waals surface area contributed by atoms with Crippen LogP contribution in [0.3, 0.4) is 0 Å². The van der Waals surface area contributed by atoms with Gasteiger partial charge in [-0.2, -0.15) is 8.42 Å². The SMILES string of the molecule is CCN1C(=O)C(c2ccccc2)SC1=NS(=O)(=O)c1ccc(Cl)cc1. The highest BCUT2D eigenvalue weighted by Crippen LogP contribution is 2.39. The molecular weight excluding hydrogens is 380 g/mol. The number of nitrogens with zero attached hydrogens (tertiary/aromatic N) is 2. The summed E-state index contributed by atoms with van der Waals surface area (Å²) in [5.41, 5.74) is 0.824. The summed E-state index contributed by atoms with van der Waals surface area (Å²) in [7, 11) is -3.92. The Hall–Kier alpha value is -1.83. The lowest BCUT2D eigenvalue weighted by Crippen LogP contribution is -2.30. The highest BCUT2D eigenvalue weighted by molar-refractivity contribution is 8.15. The van der Waals surface area contributed by atoms with Gasteiger partial charge in [0.15, 0.2) is 5.17 Å². The quantitative estimate of drug-likeness (QED) is 0.792. The van der Waals surface area contributed by atoms with Crippen molar-refractivity contribution in [2.75, 3.05) is 6.54 Å². The van der Waals surface area contributed by atoms with Crippen molar-refractivity contribution in [3.63, 3.8) is 0 Å². The maximum atomic E-state index is 12.6. The van der Waals surface area contributed by atoms with Crippen LogP contribution in [0, 0.1) is 0 Å². The fraction of sp³-hybridized carbons (Fsp3) is 0.176. The Morgan fingerprint density at radius 2 is 1.76 bits per heavy atom. The first-order valence-corrected chi connectivity index (χ1v) is 10.3. The monoisotopic (exact) mass is 394 g/mol. The molecule has 1 fully saturated rings. The number of benzene rings is 2. The van der Waals surface area contributed by atoms with Gasteiger partial charge in [0.25, 0.3) is 10.0 Å². The molecule has 0 aliphatic carbocycles. The molecule has 1 unspecified atom stereocenters. The Labute approximate surface area is 155 Å². The Morgan fingerprint density at radius 1 is 1.12 bits per heavy atom. The summed E-state index contributed by atoms with van der Waals surface area (Å²) in [6, 6.07) is 15.0. The van der Waals surface area contributed by atoms with Crippen LogP contribution in [0.15, 0.2) is 63.9 Å². The van der Waals surface area contributed by atoms with Gasteiger partial charge in [0.1, 0.15) is 5.25 Å². The number of rotatable bonds is 4. The van der Waals surface area contributed by atoms with Crippen LogP contribution in [0.2, 0.25) is 5.02 Å². The third-order valence-corrected chi connectivity index (χ3v) is 6.55. The van der Waals surface area contributed by atoms with Crippen molar-refractivity contribution >= 4 is 44.5 Å². The molecule has 8 heteroatoms. The number of carbonyl (C=O) groups is 1. The summed E-state index contributed by atoms with van der Waals surface area (Å²) in [4.78, 5) is 14.1. The lowest BCUT2D eigenvalue weighted by Gasteiger charge is -2.13. The molecule has 25 heavy (non-hydrogen) atoms. The summed E-state index contributed by atoms with van der Waals surface area (Å²) in [6.07, 6.45) is 0. The van der Waals surface area contributed by atoms with E-state index in [1.807, 2.05) is 30.3 Å². The predicted molar refractivity (Wildman–Crippen MR) is 100 cm³/mol. The molecule has 1 amide bonds. The second-order valence-electron chi connectivity index (χ2n) is 5.29. The van der Waals surface area contributed by atoms with Gasteiger partial charge in [0.05, 0.1) is 4.90 Å². The molecule has 1 aliphatic heterocycles. The zero-order valence-corrected chi connectivity index (χ0v) is 15.7. The van der Waals surface area contributed by atoms with Crippen molar-refractivity contribution in [2.45, 2.75) is 17.1 Å². The van der Waals surface area contributed by atoms with Gasteiger partial charge in [-0.3, -0.25) is 9.69 Å². The number of halogens is 1. The number of amidine groups is 1. The molecule has 0 radical (unpaired) electrons. The van der Waals surface area contributed by atoms with Gasteiger partial charge in [0.2, 0.25) is 5.91 Å². The van der Waals surface area contributed by atoms with Gasteiger partial charge in [-0.1, -0.05) is 53.7 Å². The second kappa shape index (κ2) is 7.19. The summed E-state index contributed by atoms with van der Waals surface area (Å²) < 4.78 is 29.0. The van der Waals surface area contributed by atoms with E-state index < -0.39 is 15.3 Å². The van der Waals surface area contributed by atoms with Crippen LogP contribution in [0.25, 0.3) is 0 Å². The summed E-state index contributed by atoms with van der Waals surface area (Å²) >= 11 is 6.95. The number of hydrogen-bond donors (Lipinski definition) is 0. The molecule has 0 spiro atoms. The normalized spacial score (nSPS) is 19.6. The van der Waals surface area contributed by atoms with Gasteiger partial charge >= 0.3 is 0 Å². The molecule has 130 valence electrons. The van der Waals surface area contributed by atoms with E-state index >= 15 is 0 Å². The van der Waals surface area contributed by atoms with Crippen molar-refractivity contribution in [3.8, 4) is 0 Å². The molecule has 0 aromatic heterocycles. The topological polar surface area (TPSA) is 66.8 Å². The smallest absolute Gasteiger partial charge is 0.284 e. The minimum atomic E-state index is -3.92. The first-order chi connectivity index (χ1) is 11.9. The average molecular weight is 395 g/mol. The number of sulfonamides is 1. The Kier molecular flexibility index (Phi) is 5.17. The fourth-order valence-corrected chi connectivity index (χ4v) is 4.98. The fourth-order valence-electron chi connectivity index (χ4n) is 2.42. The van der Waals surface area contributed by atoms with Crippen LogP contribution >= 0.6 is 23.4 Å². The molecule has 3 rings (SSSR count). The standard InChI is InChI=1S/C17H15ClN2O3S2/c1-2-20-16(21)15(12-6-4-3-5-7-12)24-17(20)19-25(22,23)14-10-8-13(18)9-11-14/h3-11,15H,2H2,1H3. The molecule has 0 bridgehead atoms. The van der Waals surface area contributed by atoms with E-state index in [1.165, 1.54) is 29.2 Å². The van der Waals surface area contributed by atoms with Crippen LogP contribution in [0.5, 0.6) is 0 Å². The van der Waals surface area contributed by atoms with Crippen LogP contribution in [0.1, 0.15) is 17.7 Å². The van der Waals surface area contributed by atoms with E-state index in [1.54, 1.807) is 6.92 Å². The van der Waals surface area contributed by atoms with Gasteiger partial charge in [0, 0.05) is 11.6 Å². The van der Waals surface area contributed by atoms with Gasteiger partial charge in [-0.25, -0.2) is 0 Å². The summed E-state index contributed by atoms with van der Waals surface area (Å²) in [5.74, 6) is -0.163. The minimum absolute atomic E-state index is 0.0386.